The molecule has 236 valence electrons. The molecule has 0 aliphatic heterocycles. The molecule has 1 aliphatic carbocycles. The summed E-state index contributed by atoms with van der Waals surface area (Å²) in [4.78, 5) is 0. The van der Waals surface area contributed by atoms with Gasteiger partial charge in [0, 0.05) is 21.9 Å². The van der Waals surface area contributed by atoms with E-state index >= 15 is 0 Å². The molecule has 0 bridgehead atoms. The minimum absolute atomic E-state index is 0.132. The number of hydrogen-bond donors (Lipinski definition) is 0. The lowest BCUT2D eigenvalue weighted by Crippen LogP contribution is -2.15. The van der Waals surface area contributed by atoms with E-state index in [0.29, 0.717) is 0 Å². The van der Waals surface area contributed by atoms with Gasteiger partial charge in [-0.2, -0.15) is 0 Å². The molecular weight excluding hydrogens is 603 g/mol. The van der Waals surface area contributed by atoms with E-state index in [1.54, 1.807) is 0 Å². The van der Waals surface area contributed by atoms with Crippen molar-refractivity contribution in [3.63, 3.8) is 0 Å². The smallest absolute Gasteiger partial charge is 0.0544 e. The van der Waals surface area contributed by atoms with Gasteiger partial charge in [0.05, 0.1) is 11.0 Å². The lowest BCUT2D eigenvalue weighted by molar-refractivity contribution is 0.667. The van der Waals surface area contributed by atoms with Gasteiger partial charge in [0.25, 0.3) is 0 Å². The fourth-order valence-corrected chi connectivity index (χ4v) is 8.52. The van der Waals surface area contributed by atoms with Crippen LogP contribution in [-0.2, 0) is 5.41 Å². The van der Waals surface area contributed by atoms with E-state index in [9.17, 15) is 0 Å². The molecule has 10 rings (SSSR count). The maximum absolute atomic E-state index is 2.46. The van der Waals surface area contributed by atoms with E-state index in [0.717, 1.165) is 0 Å². The Morgan fingerprint density at radius 1 is 0.400 bits per heavy atom. The van der Waals surface area contributed by atoms with Gasteiger partial charge in [-0.3, -0.25) is 0 Å². The van der Waals surface area contributed by atoms with Crippen LogP contribution in [0, 0.1) is 0 Å². The predicted molar refractivity (Wildman–Crippen MR) is 212 cm³/mol. The predicted octanol–water partition coefficient (Wildman–Crippen LogP) is 13.2. The van der Waals surface area contributed by atoms with Gasteiger partial charge in [0.1, 0.15) is 0 Å². The Morgan fingerprint density at radius 2 is 0.940 bits per heavy atom. The average molecular weight is 638 g/mol. The molecule has 0 unspecified atom stereocenters. The summed E-state index contributed by atoms with van der Waals surface area (Å²) in [5.74, 6) is 0. The lowest BCUT2D eigenvalue weighted by Gasteiger charge is -2.23. The third kappa shape index (κ3) is 4.33. The van der Waals surface area contributed by atoms with Crippen molar-refractivity contribution in [2.24, 2.45) is 0 Å². The molecule has 0 amide bonds. The molecule has 0 radical (unpaired) electrons. The van der Waals surface area contributed by atoms with Crippen LogP contribution in [0.1, 0.15) is 25.0 Å². The van der Waals surface area contributed by atoms with Gasteiger partial charge in [0.15, 0.2) is 0 Å². The Bertz CT molecular complexity index is 2690. The largest absolute Gasteiger partial charge is 0.309 e. The fraction of sp³-hybridized carbons (Fsp3) is 0.0612. The van der Waals surface area contributed by atoms with E-state index < -0.39 is 0 Å². The number of hydrogen-bond acceptors (Lipinski definition) is 0. The minimum atomic E-state index is -0.132. The maximum atomic E-state index is 2.46. The quantitative estimate of drug-likeness (QED) is 0.181. The molecule has 0 N–H and O–H groups in total. The molecule has 0 saturated carbocycles. The van der Waals surface area contributed by atoms with E-state index in [1.807, 2.05) is 0 Å². The van der Waals surface area contributed by atoms with Gasteiger partial charge in [-0.15, -0.1) is 0 Å². The Kier molecular flexibility index (Phi) is 6.29. The van der Waals surface area contributed by atoms with Crippen LogP contribution in [-0.4, -0.2) is 4.57 Å². The van der Waals surface area contributed by atoms with Crippen LogP contribution in [0.3, 0.4) is 0 Å². The highest BCUT2D eigenvalue weighted by Crippen LogP contribution is 2.54. The van der Waals surface area contributed by atoms with Crippen molar-refractivity contribution in [3.05, 3.63) is 187 Å². The highest BCUT2D eigenvalue weighted by molar-refractivity contribution is 6.15. The topological polar surface area (TPSA) is 4.93 Å². The Morgan fingerprint density at radius 3 is 1.58 bits per heavy atom. The first-order valence-electron chi connectivity index (χ1n) is 17.5. The molecule has 0 atom stereocenters. The summed E-state index contributed by atoms with van der Waals surface area (Å²) in [5, 5.41) is 5.26. The molecule has 9 aromatic rings. The van der Waals surface area contributed by atoms with Gasteiger partial charge >= 0.3 is 0 Å². The molecule has 1 nitrogen and oxygen atoms in total. The number of fused-ring (bicyclic) bond motifs is 8. The zero-order valence-corrected chi connectivity index (χ0v) is 28.2. The highest BCUT2D eigenvalue weighted by atomic mass is 15.0. The van der Waals surface area contributed by atoms with Crippen LogP contribution < -0.4 is 0 Å². The summed E-state index contributed by atoms with van der Waals surface area (Å²) >= 11 is 0. The van der Waals surface area contributed by atoms with Crippen LogP contribution in [0.25, 0.3) is 82.8 Å². The van der Waals surface area contributed by atoms with Gasteiger partial charge in [-0.1, -0.05) is 135 Å². The van der Waals surface area contributed by atoms with Crippen LogP contribution in [0.5, 0.6) is 0 Å². The van der Waals surface area contributed by atoms with Crippen molar-refractivity contribution in [2.45, 2.75) is 19.3 Å². The van der Waals surface area contributed by atoms with Crippen molar-refractivity contribution < 1.29 is 0 Å². The Hall–Kier alpha value is -6.18. The second-order valence-electron chi connectivity index (χ2n) is 14.2. The summed E-state index contributed by atoms with van der Waals surface area (Å²) in [6.45, 7) is 4.81. The second kappa shape index (κ2) is 10.9. The highest BCUT2D eigenvalue weighted by Gasteiger charge is 2.38. The third-order valence-electron chi connectivity index (χ3n) is 10.9. The molecule has 0 fully saturated rings. The molecule has 1 aromatic heterocycles. The zero-order chi connectivity index (χ0) is 33.4. The standard InChI is InChI=1S/C49H35N/c1-49(2)44-31-36-18-10-9-17-35(36)30-43(44)41-25-26-46-47(48(41)49)42-19-11-12-20-45(42)50(46)40-23-21-34(22-24-40)39-28-37(32-13-5-3-6-14-32)27-38(29-39)33-15-7-4-8-16-33/h3-31H,1-2H3. The van der Waals surface area contributed by atoms with Crippen LogP contribution in [0.2, 0.25) is 0 Å². The number of benzene rings is 8. The molecular formula is C49H35N. The van der Waals surface area contributed by atoms with Crippen LogP contribution in [0.4, 0.5) is 0 Å². The van der Waals surface area contributed by atoms with Gasteiger partial charge in [-0.25, -0.2) is 0 Å². The van der Waals surface area contributed by atoms with E-state index in [-0.39, 0.29) is 5.41 Å². The summed E-state index contributed by atoms with van der Waals surface area (Å²) in [7, 11) is 0. The van der Waals surface area contributed by atoms with Crippen molar-refractivity contribution in [3.8, 4) is 50.2 Å². The summed E-state index contributed by atoms with van der Waals surface area (Å²) < 4.78 is 2.46. The van der Waals surface area contributed by atoms with Gasteiger partial charge in [0.2, 0.25) is 0 Å². The number of aromatic nitrogens is 1. The summed E-state index contributed by atoms with van der Waals surface area (Å²) in [6.07, 6.45) is 0. The SMILES string of the molecule is CC1(C)c2cc3ccccc3cc2-c2ccc3c(c21)c1ccccc1n3-c1ccc(-c2cc(-c3ccccc3)cc(-c3ccccc3)c2)cc1. The van der Waals surface area contributed by atoms with E-state index in [2.05, 4.69) is 194 Å². The van der Waals surface area contributed by atoms with Crippen molar-refractivity contribution in [1.82, 2.24) is 4.57 Å². The average Bonchev–Trinajstić information content (AvgIpc) is 3.62. The zero-order valence-electron chi connectivity index (χ0n) is 28.2. The molecule has 0 saturated heterocycles. The third-order valence-corrected chi connectivity index (χ3v) is 10.9. The number of para-hydroxylation sites is 1. The summed E-state index contributed by atoms with van der Waals surface area (Å²) in [6, 6.07) is 64.7. The monoisotopic (exact) mass is 637 g/mol. The lowest BCUT2D eigenvalue weighted by atomic mass is 9.80. The molecule has 1 heteroatoms. The molecule has 1 heterocycles. The molecule has 1 aliphatic rings. The second-order valence-corrected chi connectivity index (χ2v) is 14.2. The van der Waals surface area contributed by atoms with E-state index in [1.165, 1.54) is 93.9 Å². The first kappa shape index (κ1) is 28.8. The number of nitrogens with zero attached hydrogens (tertiary/aromatic N) is 1. The first-order chi connectivity index (χ1) is 24.5. The maximum Gasteiger partial charge on any atom is 0.0544 e. The Balaban J connectivity index is 1.13. The normalized spacial score (nSPS) is 13.2. The van der Waals surface area contributed by atoms with Gasteiger partial charge < -0.3 is 4.57 Å². The molecule has 50 heavy (non-hydrogen) atoms. The van der Waals surface area contributed by atoms with Crippen molar-refractivity contribution in [1.29, 1.82) is 0 Å². The fourth-order valence-electron chi connectivity index (χ4n) is 8.52. The van der Waals surface area contributed by atoms with Gasteiger partial charge in [-0.05, 0) is 121 Å². The number of rotatable bonds is 4. The Labute approximate surface area is 292 Å². The van der Waals surface area contributed by atoms with Crippen LogP contribution >= 0.6 is 0 Å². The van der Waals surface area contributed by atoms with Crippen molar-refractivity contribution >= 4 is 32.6 Å². The first-order valence-corrected chi connectivity index (χ1v) is 17.5. The summed E-state index contributed by atoms with van der Waals surface area (Å²) in [5.41, 5.74) is 16.4. The van der Waals surface area contributed by atoms with Crippen molar-refractivity contribution in [2.75, 3.05) is 0 Å². The van der Waals surface area contributed by atoms with E-state index in [4.69, 9.17) is 0 Å². The minimum Gasteiger partial charge on any atom is -0.309 e. The molecule has 0 spiro atoms. The van der Waals surface area contributed by atoms with Crippen LogP contribution in [0.15, 0.2) is 176 Å². The molecule has 8 aromatic carbocycles.